The van der Waals surface area contributed by atoms with Gasteiger partial charge in [0, 0.05) is 0 Å². The zero-order valence-corrected chi connectivity index (χ0v) is 5.43. The standard InChI is InChI=1S/C7H14O/c1-3-4-5-6-7(2)8/h3,7-8H,1,4-6H2,2H3. The molecule has 1 unspecified atom stereocenters. The van der Waals surface area contributed by atoms with Gasteiger partial charge in [0.1, 0.15) is 0 Å². The molecule has 1 atom stereocenters. The summed E-state index contributed by atoms with van der Waals surface area (Å²) in [6, 6.07) is 0. The average Bonchev–Trinajstić information content (AvgIpc) is 1.66. The van der Waals surface area contributed by atoms with Crippen LogP contribution in [0.5, 0.6) is 0 Å². The van der Waals surface area contributed by atoms with Gasteiger partial charge in [-0.05, 0) is 26.2 Å². The second kappa shape index (κ2) is 4.85. The van der Waals surface area contributed by atoms with Gasteiger partial charge in [0.05, 0.1) is 6.10 Å². The third kappa shape index (κ3) is 5.70. The Labute approximate surface area is 51.0 Å². The summed E-state index contributed by atoms with van der Waals surface area (Å²) in [6.07, 6.45) is 4.70. The number of aliphatic hydroxyl groups excluding tert-OH is 1. The topological polar surface area (TPSA) is 20.2 Å². The van der Waals surface area contributed by atoms with Gasteiger partial charge in [-0.1, -0.05) is 6.08 Å². The fraction of sp³-hybridized carbons (Fsp3) is 0.714. The first-order valence-corrected chi connectivity index (χ1v) is 3.06. The third-order valence-electron chi connectivity index (χ3n) is 1.03. The number of hydrogen-bond acceptors (Lipinski definition) is 1. The van der Waals surface area contributed by atoms with Crippen molar-refractivity contribution in [1.82, 2.24) is 0 Å². The molecule has 0 rings (SSSR count). The smallest absolute Gasteiger partial charge is 0.0512 e. The monoisotopic (exact) mass is 114 g/mol. The minimum Gasteiger partial charge on any atom is -0.393 e. The van der Waals surface area contributed by atoms with Crippen molar-refractivity contribution in [3.8, 4) is 0 Å². The predicted molar refractivity (Wildman–Crippen MR) is 35.7 cm³/mol. The molecule has 0 aromatic carbocycles. The van der Waals surface area contributed by atoms with E-state index in [-0.39, 0.29) is 6.10 Å². The van der Waals surface area contributed by atoms with E-state index in [9.17, 15) is 0 Å². The van der Waals surface area contributed by atoms with E-state index >= 15 is 0 Å². The lowest BCUT2D eigenvalue weighted by molar-refractivity contribution is 0.182. The highest BCUT2D eigenvalue weighted by Crippen LogP contribution is 1.98. The Morgan fingerprint density at radius 2 is 2.38 bits per heavy atom. The van der Waals surface area contributed by atoms with E-state index in [0.717, 1.165) is 19.3 Å². The van der Waals surface area contributed by atoms with Crippen LogP contribution in [0.2, 0.25) is 0 Å². The molecule has 0 spiro atoms. The first kappa shape index (κ1) is 7.70. The van der Waals surface area contributed by atoms with E-state index in [1.165, 1.54) is 0 Å². The van der Waals surface area contributed by atoms with Crippen LogP contribution in [0.3, 0.4) is 0 Å². The van der Waals surface area contributed by atoms with Crippen molar-refractivity contribution in [2.24, 2.45) is 0 Å². The molecule has 0 saturated heterocycles. The Hall–Kier alpha value is -0.300. The van der Waals surface area contributed by atoms with E-state index in [1.807, 2.05) is 13.0 Å². The van der Waals surface area contributed by atoms with Gasteiger partial charge in [0.25, 0.3) is 0 Å². The Morgan fingerprint density at radius 3 is 2.75 bits per heavy atom. The third-order valence-corrected chi connectivity index (χ3v) is 1.03. The van der Waals surface area contributed by atoms with Gasteiger partial charge in [-0.3, -0.25) is 0 Å². The highest BCUT2D eigenvalue weighted by molar-refractivity contribution is 4.66. The molecule has 48 valence electrons. The van der Waals surface area contributed by atoms with Gasteiger partial charge in [-0.25, -0.2) is 0 Å². The zero-order valence-electron chi connectivity index (χ0n) is 5.43. The van der Waals surface area contributed by atoms with Crippen LogP contribution in [-0.2, 0) is 0 Å². The van der Waals surface area contributed by atoms with E-state index in [4.69, 9.17) is 5.11 Å². The van der Waals surface area contributed by atoms with E-state index in [0.29, 0.717) is 0 Å². The summed E-state index contributed by atoms with van der Waals surface area (Å²) in [6.45, 7) is 5.38. The Balaban J connectivity index is 2.81. The molecule has 8 heavy (non-hydrogen) atoms. The van der Waals surface area contributed by atoms with Gasteiger partial charge in [0.15, 0.2) is 0 Å². The number of aliphatic hydroxyl groups is 1. The van der Waals surface area contributed by atoms with Crippen molar-refractivity contribution >= 4 is 0 Å². The molecule has 0 amide bonds. The molecule has 0 radical (unpaired) electrons. The molecule has 0 aromatic heterocycles. The Bertz CT molecular complexity index is 57.4. The predicted octanol–water partition coefficient (Wildman–Crippen LogP) is 1.72. The van der Waals surface area contributed by atoms with Crippen LogP contribution >= 0.6 is 0 Å². The Kier molecular flexibility index (Phi) is 4.67. The van der Waals surface area contributed by atoms with Crippen molar-refractivity contribution in [2.45, 2.75) is 32.3 Å². The summed E-state index contributed by atoms with van der Waals surface area (Å²) in [5, 5.41) is 8.74. The summed E-state index contributed by atoms with van der Waals surface area (Å²) in [4.78, 5) is 0. The van der Waals surface area contributed by atoms with Crippen molar-refractivity contribution in [1.29, 1.82) is 0 Å². The summed E-state index contributed by atoms with van der Waals surface area (Å²) in [5.74, 6) is 0. The van der Waals surface area contributed by atoms with Crippen LogP contribution < -0.4 is 0 Å². The number of allylic oxidation sites excluding steroid dienone is 1. The van der Waals surface area contributed by atoms with Crippen molar-refractivity contribution in [3.63, 3.8) is 0 Å². The maximum Gasteiger partial charge on any atom is 0.0512 e. The molecule has 0 fully saturated rings. The average molecular weight is 114 g/mol. The number of unbranched alkanes of at least 4 members (excludes halogenated alkanes) is 1. The minimum atomic E-state index is -0.144. The molecule has 0 aliphatic heterocycles. The lowest BCUT2D eigenvalue weighted by Gasteiger charge is -1.98. The second-order valence-corrected chi connectivity index (χ2v) is 2.07. The van der Waals surface area contributed by atoms with Crippen LogP contribution in [0.25, 0.3) is 0 Å². The molecule has 1 heteroatoms. The molecular formula is C7H14O. The van der Waals surface area contributed by atoms with Crippen LogP contribution in [0.15, 0.2) is 12.7 Å². The maximum absolute atomic E-state index is 8.74. The molecule has 1 N–H and O–H groups in total. The van der Waals surface area contributed by atoms with Gasteiger partial charge in [-0.15, -0.1) is 6.58 Å². The minimum absolute atomic E-state index is 0.144. The summed E-state index contributed by atoms with van der Waals surface area (Å²) in [7, 11) is 0. The highest BCUT2D eigenvalue weighted by atomic mass is 16.3. The van der Waals surface area contributed by atoms with Crippen molar-refractivity contribution < 1.29 is 5.11 Å². The van der Waals surface area contributed by atoms with Gasteiger partial charge in [0.2, 0.25) is 0 Å². The lowest BCUT2D eigenvalue weighted by atomic mass is 10.2. The second-order valence-electron chi connectivity index (χ2n) is 2.07. The largest absolute Gasteiger partial charge is 0.393 e. The molecule has 0 heterocycles. The SMILES string of the molecule is C=CCCCC(C)O. The lowest BCUT2D eigenvalue weighted by Crippen LogP contribution is -1.97. The molecule has 0 aliphatic rings. The molecule has 1 nitrogen and oxygen atoms in total. The normalized spacial score (nSPS) is 13.2. The number of rotatable bonds is 4. The molecule has 0 aromatic rings. The van der Waals surface area contributed by atoms with E-state index in [2.05, 4.69) is 6.58 Å². The zero-order chi connectivity index (χ0) is 6.41. The highest BCUT2D eigenvalue weighted by Gasteiger charge is 1.91. The molecular weight excluding hydrogens is 100 g/mol. The van der Waals surface area contributed by atoms with E-state index < -0.39 is 0 Å². The van der Waals surface area contributed by atoms with Crippen LogP contribution in [0, 0.1) is 0 Å². The van der Waals surface area contributed by atoms with Crippen LogP contribution in [0.1, 0.15) is 26.2 Å². The quantitative estimate of drug-likeness (QED) is 0.436. The Morgan fingerprint density at radius 1 is 1.75 bits per heavy atom. The summed E-state index contributed by atoms with van der Waals surface area (Å²) < 4.78 is 0. The first-order valence-electron chi connectivity index (χ1n) is 3.06. The summed E-state index contributed by atoms with van der Waals surface area (Å²) >= 11 is 0. The van der Waals surface area contributed by atoms with Gasteiger partial charge < -0.3 is 5.11 Å². The molecule has 0 saturated carbocycles. The fourth-order valence-electron chi connectivity index (χ4n) is 0.558. The number of hydrogen-bond donors (Lipinski definition) is 1. The van der Waals surface area contributed by atoms with Gasteiger partial charge in [-0.2, -0.15) is 0 Å². The van der Waals surface area contributed by atoms with Crippen molar-refractivity contribution in [2.75, 3.05) is 0 Å². The fourth-order valence-corrected chi connectivity index (χ4v) is 0.558. The first-order chi connectivity index (χ1) is 3.77. The van der Waals surface area contributed by atoms with E-state index in [1.54, 1.807) is 0 Å². The van der Waals surface area contributed by atoms with Crippen LogP contribution in [0.4, 0.5) is 0 Å². The summed E-state index contributed by atoms with van der Waals surface area (Å²) in [5.41, 5.74) is 0. The molecule has 0 bridgehead atoms. The van der Waals surface area contributed by atoms with Gasteiger partial charge >= 0.3 is 0 Å². The van der Waals surface area contributed by atoms with Crippen LogP contribution in [-0.4, -0.2) is 11.2 Å². The van der Waals surface area contributed by atoms with Crippen molar-refractivity contribution in [3.05, 3.63) is 12.7 Å². The molecule has 0 aliphatic carbocycles. The maximum atomic E-state index is 8.74.